The van der Waals surface area contributed by atoms with Crippen LogP contribution in [0, 0.1) is 3.57 Å². The lowest BCUT2D eigenvalue weighted by atomic mass is 10.1. The Balaban J connectivity index is 2.02. The lowest BCUT2D eigenvalue weighted by Gasteiger charge is -2.21. The molecule has 9 heteroatoms. The normalized spacial score (nSPS) is 11.7. The molecule has 0 amide bonds. The molecule has 3 aromatic rings. The number of hydrogen-bond donors (Lipinski definition) is 0. The minimum atomic E-state index is -1.91. The van der Waals surface area contributed by atoms with Gasteiger partial charge in [-0.2, -0.15) is 4.21 Å². The molecule has 0 aliphatic rings. The number of fused-ring (bicyclic) bond motifs is 1. The van der Waals surface area contributed by atoms with Crippen molar-refractivity contribution in [2.75, 3.05) is 25.1 Å². The second kappa shape index (κ2) is 9.40. The van der Waals surface area contributed by atoms with Crippen LogP contribution in [0.15, 0.2) is 48.7 Å². The van der Waals surface area contributed by atoms with E-state index in [1.54, 1.807) is 45.3 Å². The summed E-state index contributed by atoms with van der Waals surface area (Å²) in [5.74, 6) is 0.529. The van der Waals surface area contributed by atoms with Gasteiger partial charge in [-0.3, -0.25) is 9.29 Å². The summed E-state index contributed by atoms with van der Waals surface area (Å²) in [4.78, 5) is 16.9. The SMILES string of the molecule is CCOC(=O)c1cnc2ccc(I)cc2c1N(C)S(=O)Oc1ccc(OC)cc1. The van der Waals surface area contributed by atoms with Crippen molar-refractivity contribution >= 4 is 56.4 Å². The number of carbonyl (C=O) groups is 1. The van der Waals surface area contributed by atoms with E-state index in [9.17, 15) is 9.00 Å². The molecule has 0 aliphatic carbocycles. The first-order valence-corrected chi connectivity index (χ1v) is 10.8. The van der Waals surface area contributed by atoms with Crippen LogP contribution in [0.1, 0.15) is 17.3 Å². The molecular formula is C20H19IN2O5S. The number of hydrogen-bond acceptors (Lipinski definition) is 6. The molecule has 0 bridgehead atoms. The number of anilines is 1. The number of pyridine rings is 1. The highest BCUT2D eigenvalue weighted by Crippen LogP contribution is 2.32. The maximum Gasteiger partial charge on any atom is 0.341 e. The van der Waals surface area contributed by atoms with E-state index in [2.05, 4.69) is 27.6 Å². The Morgan fingerprint density at radius 1 is 1.17 bits per heavy atom. The molecule has 1 atom stereocenters. The molecule has 1 unspecified atom stereocenters. The Labute approximate surface area is 184 Å². The number of nitrogens with zero attached hydrogens (tertiary/aromatic N) is 2. The number of esters is 1. The minimum absolute atomic E-state index is 0.218. The summed E-state index contributed by atoms with van der Waals surface area (Å²) >= 11 is 0.261. The molecule has 0 aliphatic heterocycles. The van der Waals surface area contributed by atoms with Gasteiger partial charge in [0.15, 0.2) is 0 Å². The Hall–Kier alpha value is -2.40. The van der Waals surface area contributed by atoms with Gasteiger partial charge in [0.1, 0.15) is 17.1 Å². The third-order valence-electron chi connectivity index (χ3n) is 4.06. The first-order chi connectivity index (χ1) is 13.9. The summed E-state index contributed by atoms with van der Waals surface area (Å²) in [7, 11) is 3.16. The van der Waals surface area contributed by atoms with Crippen molar-refractivity contribution < 1.29 is 22.7 Å². The van der Waals surface area contributed by atoms with Crippen molar-refractivity contribution in [2.45, 2.75) is 6.92 Å². The highest BCUT2D eigenvalue weighted by molar-refractivity contribution is 14.1. The van der Waals surface area contributed by atoms with Crippen LogP contribution in [-0.4, -0.2) is 35.9 Å². The van der Waals surface area contributed by atoms with Crippen molar-refractivity contribution in [3.05, 3.63) is 57.8 Å². The topological polar surface area (TPSA) is 78.0 Å². The third kappa shape index (κ3) is 4.78. The average Bonchev–Trinajstić information content (AvgIpc) is 2.73. The fraction of sp³-hybridized carbons (Fsp3) is 0.200. The molecule has 0 N–H and O–H groups in total. The van der Waals surface area contributed by atoms with E-state index in [0.29, 0.717) is 28.1 Å². The van der Waals surface area contributed by atoms with Crippen molar-refractivity contribution in [1.29, 1.82) is 0 Å². The molecule has 7 nitrogen and oxygen atoms in total. The Morgan fingerprint density at radius 3 is 2.52 bits per heavy atom. The molecule has 152 valence electrons. The zero-order valence-corrected chi connectivity index (χ0v) is 19.0. The minimum Gasteiger partial charge on any atom is -0.497 e. The van der Waals surface area contributed by atoms with E-state index in [-0.39, 0.29) is 12.2 Å². The van der Waals surface area contributed by atoms with Crippen LogP contribution in [0.4, 0.5) is 5.69 Å². The van der Waals surface area contributed by atoms with E-state index < -0.39 is 17.2 Å². The number of methoxy groups -OCH3 is 1. The van der Waals surface area contributed by atoms with E-state index in [1.165, 1.54) is 10.5 Å². The number of carbonyl (C=O) groups excluding carboxylic acids is 1. The molecule has 29 heavy (non-hydrogen) atoms. The fourth-order valence-corrected chi connectivity index (χ4v) is 3.92. The first-order valence-electron chi connectivity index (χ1n) is 8.68. The van der Waals surface area contributed by atoms with Gasteiger partial charge in [0.25, 0.3) is 0 Å². The van der Waals surface area contributed by atoms with Crippen molar-refractivity contribution in [3.63, 3.8) is 0 Å². The zero-order chi connectivity index (χ0) is 21.0. The maximum absolute atomic E-state index is 12.9. The van der Waals surface area contributed by atoms with Crippen molar-refractivity contribution in [2.24, 2.45) is 0 Å². The highest BCUT2D eigenvalue weighted by Gasteiger charge is 2.24. The second-order valence-electron chi connectivity index (χ2n) is 5.88. The van der Waals surface area contributed by atoms with Gasteiger partial charge in [-0.15, -0.1) is 0 Å². The van der Waals surface area contributed by atoms with E-state index in [0.717, 1.165) is 3.57 Å². The van der Waals surface area contributed by atoms with Crippen LogP contribution < -0.4 is 13.2 Å². The molecule has 0 saturated carbocycles. The summed E-state index contributed by atoms with van der Waals surface area (Å²) in [6.45, 7) is 1.95. The van der Waals surface area contributed by atoms with E-state index in [4.69, 9.17) is 13.7 Å². The predicted octanol–water partition coefficient (Wildman–Crippen LogP) is 4.12. The van der Waals surface area contributed by atoms with E-state index >= 15 is 0 Å². The van der Waals surface area contributed by atoms with Crippen LogP contribution >= 0.6 is 22.6 Å². The summed E-state index contributed by atoms with van der Waals surface area (Å²) in [6, 6.07) is 12.4. The average molecular weight is 526 g/mol. The van der Waals surface area contributed by atoms with Crippen molar-refractivity contribution in [3.8, 4) is 11.5 Å². The monoisotopic (exact) mass is 526 g/mol. The van der Waals surface area contributed by atoms with Gasteiger partial charge in [0, 0.05) is 22.2 Å². The predicted molar refractivity (Wildman–Crippen MR) is 121 cm³/mol. The molecule has 1 aromatic heterocycles. The van der Waals surface area contributed by atoms with Crippen LogP contribution in [0.25, 0.3) is 10.9 Å². The summed E-state index contributed by atoms with van der Waals surface area (Å²) in [6.07, 6.45) is 1.43. The summed E-state index contributed by atoms with van der Waals surface area (Å²) in [5, 5.41) is 0.677. The number of rotatable bonds is 7. The van der Waals surface area contributed by atoms with Crippen LogP contribution in [-0.2, 0) is 16.0 Å². The lowest BCUT2D eigenvalue weighted by Crippen LogP contribution is -2.27. The highest BCUT2D eigenvalue weighted by atomic mass is 127. The van der Waals surface area contributed by atoms with Gasteiger partial charge in [0.05, 0.1) is 24.9 Å². The Bertz CT molecular complexity index is 1060. The first kappa shape index (κ1) is 21.3. The van der Waals surface area contributed by atoms with Gasteiger partial charge in [-0.05, 0) is 72.0 Å². The Morgan fingerprint density at radius 2 is 1.86 bits per heavy atom. The number of benzene rings is 2. The molecule has 0 radical (unpaired) electrons. The van der Waals surface area contributed by atoms with Gasteiger partial charge >= 0.3 is 17.2 Å². The van der Waals surface area contributed by atoms with Crippen LogP contribution in [0.3, 0.4) is 0 Å². The number of aromatic nitrogens is 1. The standard InChI is InChI=1S/C20H19IN2O5S/c1-4-27-20(24)17-12-22-18-10-5-13(21)11-16(18)19(17)23(2)29(25)28-15-8-6-14(26-3)7-9-15/h5-12H,4H2,1-3H3. The molecule has 1 heterocycles. The molecule has 0 saturated heterocycles. The molecule has 0 spiro atoms. The Kier molecular flexibility index (Phi) is 6.91. The molecule has 2 aromatic carbocycles. The zero-order valence-electron chi connectivity index (χ0n) is 16.0. The van der Waals surface area contributed by atoms with Gasteiger partial charge in [-0.25, -0.2) is 4.79 Å². The summed E-state index contributed by atoms with van der Waals surface area (Å²) < 4.78 is 31.1. The lowest BCUT2D eigenvalue weighted by molar-refractivity contribution is 0.0527. The van der Waals surface area contributed by atoms with E-state index in [1.807, 2.05) is 18.2 Å². The molecule has 0 fully saturated rings. The largest absolute Gasteiger partial charge is 0.497 e. The van der Waals surface area contributed by atoms with Crippen LogP contribution in [0.5, 0.6) is 11.5 Å². The quantitative estimate of drug-likeness (QED) is 0.341. The number of ether oxygens (including phenoxy) is 2. The van der Waals surface area contributed by atoms with Gasteiger partial charge in [0.2, 0.25) is 0 Å². The summed E-state index contributed by atoms with van der Waals surface area (Å²) in [5.41, 5.74) is 1.32. The molecule has 3 rings (SSSR count). The third-order valence-corrected chi connectivity index (χ3v) is 5.70. The van der Waals surface area contributed by atoms with Gasteiger partial charge in [-0.1, -0.05) is 0 Å². The maximum atomic E-state index is 12.9. The number of halogens is 1. The van der Waals surface area contributed by atoms with Crippen LogP contribution in [0.2, 0.25) is 0 Å². The fourth-order valence-electron chi connectivity index (χ4n) is 2.69. The van der Waals surface area contributed by atoms with Gasteiger partial charge < -0.3 is 13.7 Å². The second-order valence-corrected chi connectivity index (χ2v) is 8.27. The molecular weight excluding hydrogens is 507 g/mol. The smallest absolute Gasteiger partial charge is 0.341 e. The van der Waals surface area contributed by atoms with Crippen molar-refractivity contribution in [1.82, 2.24) is 4.98 Å².